The summed E-state index contributed by atoms with van der Waals surface area (Å²) < 4.78 is 15.5. The molecular weight excluding hydrogens is 442 g/mol. The predicted molar refractivity (Wildman–Crippen MR) is 122 cm³/mol. The summed E-state index contributed by atoms with van der Waals surface area (Å²) in [5.41, 5.74) is 5.32. The fraction of sp³-hybridized carbons (Fsp3) is 0.333. The van der Waals surface area contributed by atoms with Crippen molar-refractivity contribution in [3.63, 3.8) is 0 Å². The van der Waals surface area contributed by atoms with Gasteiger partial charge in [-0.1, -0.05) is 12.1 Å². The molecule has 0 bridgehead atoms. The highest BCUT2D eigenvalue weighted by Crippen LogP contribution is 2.28. The van der Waals surface area contributed by atoms with Gasteiger partial charge in [-0.15, -0.1) is 0 Å². The van der Waals surface area contributed by atoms with Crippen LogP contribution in [0.3, 0.4) is 0 Å². The molecule has 2 aromatic rings. The third kappa shape index (κ3) is 5.64. The fourth-order valence-corrected chi connectivity index (χ4v) is 3.50. The van der Waals surface area contributed by atoms with Gasteiger partial charge >= 0.3 is 5.97 Å². The maximum Gasteiger partial charge on any atom is 0.311 e. The van der Waals surface area contributed by atoms with Gasteiger partial charge in [0, 0.05) is 12.1 Å². The Morgan fingerprint density at radius 1 is 1.03 bits per heavy atom. The molecule has 1 fully saturated rings. The number of benzene rings is 2. The van der Waals surface area contributed by atoms with Crippen LogP contribution in [-0.2, 0) is 19.1 Å². The summed E-state index contributed by atoms with van der Waals surface area (Å²) in [6.45, 7) is 3.32. The van der Waals surface area contributed by atoms with E-state index in [1.807, 2.05) is 26.0 Å². The van der Waals surface area contributed by atoms with Crippen LogP contribution >= 0.6 is 0 Å². The summed E-state index contributed by atoms with van der Waals surface area (Å²) in [5.74, 6) is -2.54. The van der Waals surface area contributed by atoms with Gasteiger partial charge in [0.25, 0.3) is 11.8 Å². The second-order valence-corrected chi connectivity index (χ2v) is 7.84. The van der Waals surface area contributed by atoms with E-state index >= 15 is 0 Å². The van der Waals surface area contributed by atoms with Crippen LogP contribution in [0.2, 0.25) is 0 Å². The minimum absolute atomic E-state index is 0.0837. The third-order valence-corrected chi connectivity index (χ3v) is 5.49. The molecule has 0 radical (unpaired) electrons. The van der Waals surface area contributed by atoms with E-state index in [-0.39, 0.29) is 30.0 Å². The number of methoxy groups -OCH3 is 2. The van der Waals surface area contributed by atoms with Gasteiger partial charge in [0.05, 0.1) is 26.7 Å². The lowest BCUT2D eigenvalue weighted by molar-refractivity contribution is -0.151. The van der Waals surface area contributed by atoms with Crippen molar-refractivity contribution in [3.8, 4) is 11.5 Å². The van der Waals surface area contributed by atoms with Gasteiger partial charge in [-0.25, -0.2) is 0 Å². The molecule has 3 amide bonds. The van der Waals surface area contributed by atoms with E-state index in [1.165, 1.54) is 14.2 Å². The Morgan fingerprint density at radius 3 is 2.32 bits per heavy atom. The number of amides is 3. The first-order chi connectivity index (χ1) is 16.2. The summed E-state index contributed by atoms with van der Waals surface area (Å²) in [5, 5.41) is 3.72. The van der Waals surface area contributed by atoms with Crippen LogP contribution in [0.15, 0.2) is 36.4 Å². The summed E-state index contributed by atoms with van der Waals surface area (Å²) in [7, 11) is 2.82. The van der Waals surface area contributed by atoms with Gasteiger partial charge in [0.15, 0.2) is 6.61 Å². The lowest BCUT2D eigenvalue weighted by Gasteiger charge is -2.19. The Morgan fingerprint density at radius 2 is 1.71 bits per heavy atom. The molecule has 3 rings (SSSR count). The number of carbonyl (C=O) groups is 4. The summed E-state index contributed by atoms with van der Waals surface area (Å²) >= 11 is 0. The monoisotopic (exact) mass is 469 g/mol. The van der Waals surface area contributed by atoms with E-state index in [2.05, 4.69) is 10.7 Å². The number of hydrogen-bond acceptors (Lipinski definition) is 7. The van der Waals surface area contributed by atoms with Crippen LogP contribution in [0.1, 0.15) is 27.9 Å². The highest BCUT2D eigenvalue weighted by molar-refractivity contribution is 6.01. The van der Waals surface area contributed by atoms with Crippen LogP contribution in [0.5, 0.6) is 11.5 Å². The third-order valence-electron chi connectivity index (χ3n) is 5.49. The van der Waals surface area contributed by atoms with Crippen molar-refractivity contribution in [2.24, 2.45) is 5.92 Å². The highest BCUT2D eigenvalue weighted by Gasteiger charge is 2.37. The zero-order valence-corrected chi connectivity index (χ0v) is 19.5. The first kappa shape index (κ1) is 24.6. The van der Waals surface area contributed by atoms with E-state index in [1.54, 1.807) is 24.3 Å². The lowest BCUT2D eigenvalue weighted by atomic mass is 10.1. The Bertz CT molecular complexity index is 1090. The lowest BCUT2D eigenvalue weighted by Crippen LogP contribution is -2.43. The Hall–Kier alpha value is -4.08. The van der Waals surface area contributed by atoms with Crippen molar-refractivity contribution >= 4 is 29.4 Å². The average molecular weight is 469 g/mol. The number of hydrazine groups is 1. The van der Waals surface area contributed by atoms with Crippen molar-refractivity contribution in [3.05, 3.63) is 53.1 Å². The van der Waals surface area contributed by atoms with Gasteiger partial charge < -0.3 is 19.5 Å². The number of esters is 1. The van der Waals surface area contributed by atoms with Crippen LogP contribution in [0.4, 0.5) is 5.69 Å². The zero-order valence-electron chi connectivity index (χ0n) is 19.5. The smallest absolute Gasteiger partial charge is 0.311 e. The number of nitrogens with zero attached hydrogens (tertiary/aromatic N) is 1. The number of ether oxygens (including phenoxy) is 3. The number of anilines is 1. The van der Waals surface area contributed by atoms with Crippen LogP contribution in [-0.4, -0.2) is 56.1 Å². The molecule has 1 aliphatic heterocycles. The number of hydrogen-bond donors (Lipinski definition) is 2. The average Bonchev–Trinajstić information content (AvgIpc) is 3.19. The molecule has 2 N–H and O–H groups in total. The Labute approximate surface area is 197 Å². The van der Waals surface area contributed by atoms with Crippen LogP contribution in [0.25, 0.3) is 0 Å². The van der Waals surface area contributed by atoms with E-state index in [4.69, 9.17) is 14.2 Å². The van der Waals surface area contributed by atoms with Gasteiger partial charge in [0.2, 0.25) is 5.91 Å². The first-order valence-corrected chi connectivity index (χ1v) is 10.6. The number of aryl methyl sites for hydroxylation is 2. The molecule has 1 heterocycles. The van der Waals surface area contributed by atoms with Crippen molar-refractivity contribution < 1.29 is 33.4 Å². The normalized spacial score (nSPS) is 15.0. The van der Waals surface area contributed by atoms with E-state index < -0.39 is 36.2 Å². The summed E-state index contributed by atoms with van der Waals surface area (Å²) in [6.07, 6.45) is -0.152. The SMILES string of the molecule is COc1cccc(OC)c1C(=O)NN1C[C@H](C(=O)OCC(=O)Nc2ccc(C)c(C)c2)CC1=O. The van der Waals surface area contributed by atoms with Crippen LogP contribution < -0.4 is 20.2 Å². The number of nitrogens with one attached hydrogen (secondary N) is 2. The molecule has 180 valence electrons. The quantitative estimate of drug-likeness (QED) is 0.567. The maximum absolute atomic E-state index is 12.8. The van der Waals surface area contributed by atoms with Crippen molar-refractivity contribution in [2.75, 3.05) is 32.7 Å². The fourth-order valence-electron chi connectivity index (χ4n) is 3.50. The van der Waals surface area contributed by atoms with Crippen molar-refractivity contribution in [1.82, 2.24) is 10.4 Å². The van der Waals surface area contributed by atoms with E-state index in [0.717, 1.165) is 16.1 Å². The molecular formula is C24H27N3O7. The first-order valence-electron chi connectivity index (χ1n) is 10.6. The molecule has 34 heavy (non-hydrogen) atoms. The standard InChI is InChI=1S/C24H27N3O7/c1-14-8-9-17(10-15(14)2)25-20(28)13-34-24(31)16-11-21(29)27(12-16)26-23(30)22-18(32-3)6-5-7-19(22)33-4/h5-10,16H,11-13H2,1-4H3,(H,25,28)(H,26,30)/t16-/m1/s1. The minimum atomic E-state index is -0.818. The molecule has 1 atom stereocenters. The summed E-state index contributed by atoms with van der Waals surface area (Å²) in [4.78, 5) is 49.7. The highest BCUT2D eigenvalue weighted by atomic mass is 16.5. The maximum atomic E-state index is 12.8. The van der Waals surface area contributed by atoms with E-state index in [9.17, 15) is 19.2 Å². The topological polar surface area (TPSA) is 123 Å². The van der Waals surface area contributed by atoms with Crippen molar-refractivity contribution in [1.29, 1.82) is 0 Å². The number of rotatable bonds is 8. The van der Waals surface area contributed by atoms with E-state index in [0.29, 0.717) is 5.69 Å². The van der Waals surface area contributed by atoms with Gasteiger partial charge in [-0.2, -0.15) is 0 Å². The Kier molecular flexibility index (Phi) is 7.72. The molecule has 1 aliphatic rings. The second-order valence-electron chi connectivity index (χ2n) is 7.84. The molecule has 0 saturated carbocycles. The molecule has 0 spiro atoms. The molecule has 0 aromatic heterocycles. The molecule has 0 unspecified atom stereocenters. The minimum Gasteiger partial charge on any atom is -0.496 e. The molecule has 10 nitrogen and oxygen atoms in total. The number of carbonyl (C=O) groups excluding carboxylic acids is 4. The van der Waals surface area contributed by atoms with Gasteiger partial charge in [-0.3, -0.25) is 29.6 Å². The molecule has 0 aliphatic carbocycles. The molecule has 10 heteroatoms. The summed E-state index contributed by atoms with van der Waals surface area (Å²) in [6, 6.07) is 10.3. The molecule has 2 aromatic carbocycles. The van der Waals surface area contributed by atoms with Gasteiger partial charge in [-0.05, 0) is 49.2 Å². The second kappa shape index (κ2) is 10.7. The molecule has 1 saturated heterocycles. The van der Waals surface area contributed by atoms with Gasteiger partial charge in [0.1, 0.15) is 17.1 Å². The zero-order chi connectivity index (χ0) is 24.8. The Balaban J connectivity index is 1.55. The van der Waals surface area contributed by atoms with Crippen molar-refractivity contribution in [2.45, 2.75) is 20.3 Å². The predicted octanol–water partition coefficient (Wildman–Crippen LogP) is 2.00. The van der Waals surface area contributed by atoms with Crippen LogP contribution in [0, 0.1) is 19.8 Å². The largest absolute Gasteiger partial charge is 0.496 e.